The van der Waals surface area contributed by atoms with Gasteiger partial charge in [-0.1, -0.05) is 35.9 Å². The highest BCUT2D eigenvalue weighted by atomic mass is 35.5. The second kappa shape index (κ2) is 5.35. The van der Waals surface area contributed by atoms with Crippen molar-refractivity contribution in [2.24, 2.45) is 0 Å². The Morgan fingerprint density at radius 2 is 1.75 bits per heavy atom. The number of para-hydroxylation sites is 2. The number of fused-ring (bicyclic) bond motifs is 1. The number of halogens is 1. The highest BCUT2D eigenvalue weighted by molar-refractivity contribution is 6.30. The molecule has 3 aromatic rings. The molecule has 0 aliphatic carbocycles. The van der Waals surface area contributed by atoms with E-state index in [9.17, 15) is 0 Å². The second-order valence-electron chi connectivity index (χ2n) is 4.32. The van der Waals surface area contributed by atoms with Gasteiger partial charge < -0.3 is 10.5 Å². The summed E-state index contributed by atoms with van der Waals surface area (Å²) in [5.41, 5.74) is 8.31. The molecule has 20 heavy (non-hydrogen) atoms. The van der Waals surface area contributed by atoms with E-state index >= 15 is 0 Å². The molecule has 0 spiro atoms. The fourth-order valence-electron chi connectivity index (χ4n) is 1.88. The topological polar surface area (TPSA) is 61.0 Å². The van der Waals surface area contributed by atoms with Gasteiger partial charge in [0.15, 0.2) is 5.82 Å². The van der Waals surface area contributed by atoms with E-state index in [-0.39, 0.29) is 5.82 Å². The lowest BCUT2D eigenvalue weighted by Gasteiger charge is -2.08. The zero-order chi connectivity index (χ0) is 13.9. The Morgan fingerprint density at radius 3 is 2.50 bits per heavy atom. The van der Waals surface area contributed by atoms with Gasteiger partial charge in [-0.05, 0) is 29.8 Å². The Kier molecular flexibility index (Phi) is 3.39. The summed E-state index contributed by atoms with van der Waals surface area (Å²) in [5, 5.41) is 0.670. The molecular weight excluding hydrogens is 274 g/mol. The van der Waals surface area contributed by atoms with Crippen LogP contribution in [0.4, 0.5) is 5.82 Å². The van der Waals surface area contributed by atoms with Gasteiger partial charge in [-0.3, -0.25) is 0 Å². The number of nitrogens with two attached hydrogens (primary N) is 1. The lowest BCUT2D eigenvalue weighted by molar-refractivity contribution is 0.296. The first-order chi connectivity index (χ1) is 9.72. The van der Waals surface area contributed by atoms with Crippen LogP contribution in [-0.4, -0.2) is 9.97 Å². The number of nitrogen functional groups attached to an aromatic ring is 1. The Bertz CT molecular complexity index is 761. The standard InChI is InChI=1S/C15H12ClN3O/c16-11-5-3-4-10(8-11)9-20-15-14(17)18-12-6-1-2-7-13(12)19-15/h1-8H,9H2,(H2,17,18). The molecule has 0 saturated carbocycles. The molecule has 3 rings (SSSR count). The number of anilines is 1. The molecule has 0 atom stereocenters. The third-order valence-electron chi connectivity index (χ3n) is 2.83. The van der Waals surface area contributed by atoms with Gasteiger partial charge in [0, 0.05) is 5.02 Å². The molecule has 0 unspecified atom stereocenters. The van der Waals surface area contributed by atoms with Crippen molar-refractivity contribution in [3.05, 3.63) is 59.1 Å². The molecule has 1 aromatic heterocycles. The first-order valence-electron chi connectivity index (χ1n) is 6.12. The number of hydrogen-bond acceptors (Lipinski definition) is 4. The molecule has 1 heterocycles. The average molecular weight is 286 g/mol. The molecular formula is C15H12ClN3O. The summed E-state index contributed by atoms with van der Waals surface area (Å²) in [4.78, 5) is 8.64. The Morgan fingerprint density at radius 1 is 1.00 bits per heavy atom. The number of hydrogen-bond donors (Lipinski definition) is 1. The minimum atomic E-state index is 0.283. The predicted octanol–water partition coefficient (Wildman–Crippen LogP) is 3.44. The van der Waals surface area contributed by atoms with Crippen LogP contribution in [0.2, 0.25) is 5.02 Å². The van der Waals surface area contributed by atoms with Gasteiger partial charge in [-0.2, -0.15) is 0 Å². The van der Waals surface area contributed by atoms with E-state index in [1.165, 1.54) is 0 Å². The van der Waals surface area contributed by atoms with Gasteiger partial charge in [-0.15, -0.1) is 0 Å². The van der Waals surface area contributed by atoms with Gasteiger partial charge in [-0.25, -0.2) is 9.97 Å². The molecule has 4 nitrogen and oxygen atoms in total. The van der Waals surface area contributed by atoms with Crippen molar-refractivity contribution in [2.45, 2.75) is 6.61 Å². The van der Waals surface area contributed by atoms with Crippen molar-refractivity contribution in [1.82, 2.24) is 9.97 Å². The number of benzene rings is 2. The molecule has 2 aromatic carbocycles. The van der Waals surface area contributed by atoms with Crippen molar-refractivity contribution in [3.8, 4) is 5.88 Å². The maximum atomic E-state index is 5.93. The summed E-state index contributed by atoms with van der Waals surface area (Å²) in [6, 6.07) is 15.0. The maximum absolute atomic E-state index is 5.93. The average Bonchev–Trinajstić information content (AvgIpc) is 2.45. The molecule has 5 heteroatoms. The van der Waals surface area contributed by atoms with Crippen LogP contribution in [0.1, 0.15) is 5.56 Å². The summed E-state index contributed by atoms with van der Waals surface area (Å²) < 4.78 is 5.63. The summed E-state index contributed by atoms with van der Waals surface area (Å²) in [5.74, 6) is 0.620. The van der Waals surface area contributed by atoms with Gasteiger partial charge in [0.25, 0.3) is 5.88 Å². The smallest absolute Gasteiger partial charge is 0.258 e. The largest absolute Gasteiger partial charge is 0.470 e. The first-order valence-corrected chi connectivity index (χ1v) is 6.50. The van der Waals surface area contributed by atoms with Crippen LogP contribution in [0.25, 0.3) is 11.0 Å². The van der Waals surface area contributed by atoms with E-state index in [0.29, 0.717) is 17.5 Å². The third-order valence-corrected chi connectivity index (χ3v) is 3.06. The highest BCUT2D eigenvalue weighted by Gasteiger charge is 2.07. The minimum absolute atomic E-state index is 0.283. The minimum Gasteiger partial charge on any atom is -0.470 e. The van der Waals surface area contributed by atoms with Gasteiger partial charge in [0.1, 0.15) is 6.61 Å². The molecule has 0 saturated heterocycles. The highest BCUT2D eigenvalue weighted by Crippen LogP contribution is 2.21. The Balaban J connectivity index is 1.85. The quantitative estimate of drug-likeness (QED) is 0.801. The first kappa shape index (κ1) is 12.7. The van der Waals surface area contributed by atoms with Crippen LogP contribution >= 0.6 is 11.6 Å². The molecule has 0 radical (unpaired) electrons. The fourth-order valence-corrected chi connectivity index (χ4v) is 2.10. The molecule has 0 amide bonds. The van der Waals surface area contributed by atoms with Gasteiger partial charge >= 0.3 is 0 Å². The van der Waals surface area contributed by atoms with E-state index < -0.39 is 0 Å². The Labute approximate surface area is 121 Å². The van der Waals surface area contributed by atoms with Crippen LogP contribution in [0, 0.1) is 0 Å². The summed E-state index contributed by atoms with van der Waals surface area (Å²) in [6.07, 6.45) is 0. The van der Waals surface area contributed by atoms with Crippen LogP contribution in [0.15, 0.2) is 48.5 Å². The van der Waals surface area contributed by atoms with Crippen LogP contribution in [-0.2, 0) is 6.61 Å². The van der Waals surface area contributed by atoms with Gasteiger partial charge in [0.2, 0.25) is 0 Å². The molecule has 100 valence electrons. The lowest BCUT2D eigenvalue weighted by atomic mass is 10.2. The number of rotatable bonds is 3. The molecule has 2 N–H and O–H groups in total. The number of nitrogens with zero attached hydrogens (tertiary/aromatic N) is 2. The zero-order valence-corrected chi connectivity index (χ0v) is 11.3. The van der Waals surface area contributed by atoms with E-state index in [1.807, 2.05) is 48.5 Å². The van der Waals surface area contributed by atoms with E-state index in [2.05, 4.69) is 9.97 Å². The Hall–Kier alpha value is -2.33. The zero-order valence-electron chi connectivity index (χ0n) is 10.6. The van der Waals surface area contributed by atoms with Crippen LogP contribution < -0.4 is 10.5 Å². The van der Waals surface area contributed by atoms with E-state index in [4.69, 9.17) is 22.1 Å². The maximum Gasteiger partial charge on any atom is 0.258 e. The molecule has 0 aliphatic heterocycles. The van der Waals surface area contributed by atoms with Crippen molar-refractivity contribution in [3.63, 3.8) is 0 Å². The van der Waals surface area contributed by atoms with E-state index in [0.717, 1.165) is 16.6 Å². The van der Waals surface area contributed by atoms with Crippen molar-refractivity contribution >= 4 is 28.5 Å². The molecule has 0 fully saturated rings. The van der Waals surface area contributed by atoms with Crippen LogP contribution in [0.5, 0.6) is 5.88 Å². The summed E-state index contributed by atoms with van der Waals surface area (Å²) in [7, 11) is 0. The SMILES string of the molecule is Nc1nc2ccccc2nc1OCc1cccc(Cl)c1. The van der Waals surface area contributed by atoms with Crippen LogP contribution in [0.3, 0.4) is 0 Å². The van der Waals surface area contributed by atoms with Gasteiger partial charge in [0.05, 0.1) is 11.0 Å². The van der Waals surface area contributed by atoms with Crippen molar-refractivity contribution in [1.29, 1.82) is 0 Å². The molecule has 0 aliphatic rings. The predicted molar refractivity (Wildman–Crippen MR) is 79.7 cm³/mol. The number of aromatic nitrogens is 2. The fraction of sp³-hybridized carbons (Fsp3) is 0.0667. The normalized spacial score (nSPS) is 10.7. The van der Waals surface area contributed by atoms with Crippen molar-refractivity contribution < 1.29 is 4.74 Å². The summed E-state index contributed by atoms with van der Waals surface area (Å²) >= 11 is 5.93. The second-order valence-corrected chi connectivity index (χ2v) is 4.76. The van der Waals surface area contributed by atoms with Crippen molar-refractivity contribution in [2.75, 3.05) is 5.73 Å². The molecule has 0 bridgehead atoms. The lowest BCUT2D eigenvalue weighted by Crippen LogP contribution is -2.03. The third kappa shape index (κ3) is 2.65. The monoisotopic (exact) mass is 285 g/mol. The van der Waals surface area contributed by atoms with E-state index in [1.54, 1.807) is 0 Å². The number of ether oxygens (including phenoxy) is 1. The summed E-state index contributed by atoms with van der Waals surface area (Å²) in [6.45, 7) is 0.345.